The molecule has 0 aliphatic carbocycles. The van der Waals surface area contributed by atoms with Crippen LogP contribution in [0.25, 0.3) is 10.8 Å². The van der Waals surface area contributed by atoms with Crippen molar-refractivity contribution in [1.82, 2.24) is 9.78 Å². The first kappa shape index (κ1) is 17.5. The molecule has 0 radical (unpaired) electrons. The summed E-state index contributed by atoms with van der Waals surface area (Å²) in [6.07, 6.45) is 0. The second kappa shape index (κ2) is 7.69. The number of ether oxygens (including phenoxy) is 2. The van der Waals surface area contributed by atoms with Gasteiger partial charge in [-0.3, -0.25) is 9.48 Å². The molecule has 1 N–H and O–H groups in total. The van der Waals surface area contributed by atoms with Crippen LogP contribution in [-0.2, 0) is 21.4 Å². The highest BCUT2D eigenvalue weighted by atomic mass is 16.6. The quantitative estimate of drug-likeness (QED) is 0.688. The van der Waals surface area contributed by atoms with Crippen LogP contribution >= 0.6 is 0 Å². The van der Waals surface area contributed by atoms with Gasteiger partial charge in [0.05, 0.1) is 5.69 Å². The van der Waals surface area contributed by atoms with Gasteiger partial charge in [0, 0.05) is 13.1 Å². The standard InChI is InChI=1S/C19H19N3O4/c1-13-9-17(22(2)21-13)20-18(23)11-26-19(24)12-25-16-8-7-14-5-3-4-6-15(14)10-16/h3-10H,11-12H2,1-2H3,(H,20,23). The van der Waals surface area contributed by atoms with Crippen LogP contribution in [0.2, 0.25) is 0 Å². The molecule has 134 valence electrons. The molecule has 0 atom stereocenters. The smallest absolute Gasteiger partial charge is 0.344 e. The molecule has 26 heavy (non-hydrogen) atoms. The minimum Gasteiger partial charge on any atom is -0.482 e. The largest absolute Gasteiger partial charge is 0.482 e. The van der Waals surface area contributed by atoms with E-state index in [1.807, 2.05) is 43.3 Å². The molecular formula is C19H19N3O4. The molecule has 7 nitrogen and oxygen atoms in total. The number of anilines is 1. The van der Waals surface area contributed by atoms with Gasteiger partial charge in [0.25, 0.3) is 5.91 Å². The topological polar surface area (TPSA) is 82.5 Å². The van der Waals surface area contributed by atoms with Gasteiger partial charge in [0.2, 0.25) is 0 Å². The third kappa shape index (κ3) is 4.38. The van der Waals surface area contributed by atoms with Gasteiger partial charge >= 0.3 is 5.97 Å². The third-order valence-electron chi connectivity index (χ3n) is 3.71. The molecule has 0 spiro atoms. The van der Waals surface area contributed by atoms with Crippen molar-refractivity contribution in [3.05, 3.63) is 54.2 Å². The molecule has 0 saturated heterocycles. The van der Waals surface area contributed by atoms with Crippen LogP contribution in [0.3, 0.4) is 0 Å². The van der Waals surface area contributed by atoms with E-state index < -0.39 is 11.9 Å². The van der Waals surface area contributed by atoms with Gasteiger partial charge in [0.15, 0.2) is 13.2 Å². The van der Waals surface area contributed by atoms with Crippen molar-refractivity contribution >= 4 is 28.5 Å². The van der Waals surface area contributed by atoms with E-state index in [1.165, 1.54) is 4.68 Å². The molecule has 0 saturated carbocycles. The predicted octanol–water partition coefficient (Wildman–Crippen LogP) is 2.44. The maximum Gasteiger partial charge on any atom is 0.344 e. The number of hydrogen-bond donors (Lipinski definition) is 1. The number of amides is 1. The van der Waals surface area contributed by atoms with E-state index in [4.69, 9.17) is 9.47 Å². The fourth-order valence-electron chi connectivity index (χ4n) is 2.49. The molecule has 1 amide bonds. The summed E-state index contributed by atoms with van der Waals surface area (Å²) in [6, 6.07) is 15.1. The first-order valence-corrected chi connectivity index (χ1v) is 8.09. The minimum atomic E-state index is -0.616. The zero-order valence-electron chi connectivity index (χ0n) is 14.6. The molecule has 0 aliphatic heterocycles. The average Bonchev–Trinajstić information content (AvgIpc) is 2.95. The number of carbonyl (C=O) groups excluding carboxylic acids is 2. The highest BCUT2D eigenvalue weighted by Crippen LogP contribution is 2.20. The van der Waals surface area contributed by atoms with Crippen molar-refractivity contribution in [3.8, 4) is 5.75 Å². The second-order valence-corrected chi connectivity index (χ2v) is 5.80. The number of carbonyl (C=O) groups is 2. The van der Waals surface area contributed by atoms with Crippen molar-refractivity contribution in [2.45, 2.75) is 6.92 Å². The molecule has 0 unspecified atom stereocenters. The third-order valence-corrected chi connectivity index (χ3v) is 3.71. The van der Waals surface area contributed by atoms with Crippen molar-refractivity contribution in [3.63, 3.8) is 0 Å². The van der Waals surface area contributed by atoms with Crippen LogP contribution in [-0.4, -0.2) is 34.9 Å². The molecule has 3 rings (SSSR count). The van der Waals surface area contributed by atoms with Gasteiger partial charge in [0.1, 0.15) is 11.6 Å². The van der Waals surface area contributed by atoms with Crippen LogP contribution in [0.4, 0.5) is 5.82 Å². The average molecular weight is 353 g/mol. The monoisotopic (exact) mass is 353 g/mol. The van der Waals surface area contributed by atoms with E-state index in [0.717, 1.165) is 16.5 Å². The molecule has 0 fully saturated rings. The lowest BCUT2D eigenvalue weighted by molar-refractivity contribution is -0.149. The Balaban J connectivity index is 1.46. The Morgan fingerprint density at radius 2 is 1.85 bits per heavy atom. The zero-order valence-corrected chi connectivity index (χ0v) is 14.6. The number of nitrogens with one attached hydrogen (secondary N) is 1. The van der Waals surface area contributed by atoms with Crippen LogP contribution in [0.5, 0.6) is 5.75 Å². The van der Waals surface area contributed by atoms with E-state index in [0.29, 0.717) is 11.6 Å². The molecular weight excluding hydrogens is 334 g/mol. The van der Waals surface area contributed by atoms with Crippen molar-refractivity contribution < 1.29 is 19.1 Å². The number of benzene rings is 2. The second-order valence-electron chi connectivity index (χ2n) is 5.80. The van der Waals surface area contributed by atoms with Crippen LogP contribution < -0.4 is 10.1 Å². The number of esters is 1. The van der Waals surface area contributed by atoms with Crippen molar-refractivity contribution in [1.29, 1.82) is 0 Å². The van der Waals surface area contributed by atoms with Crippen molar-refractivity contribution in [2.75, 3.05) is 18.5 Å². The number of rotatable bonds is 6. The Hall–Kier alpha value is -3.35. The number of aromatic nitrogens is 2. The van der Waals surface area contributed by atoms with E-state index in [1.54, 1.807) is 19.2 Å². The lowest BCUT2D eigenvalue weighted by Gasteiger charge is -2.08. The number of hydrogen-bond acceptors (Lipinski definition) is 5. The maximum atomic E-state index is 11.8. The summed E-state index contributed by atoms with van der Waals surface area (Å²) in [5.74, 6) is 0.0491. The number of fused-ring (bicyclic) bond motifs is 1. The summed E-state index contributed by atoms with van der Waals surface area (Å²) >= 11 is 0. The summed E-state index contributed by atoms with van der Waals surface area (Å²) in [7, 11) is 1.71. The Morgan fingerprint density at radius 1 is 1.08 bits per heavy atom. The fraction of sp³-hybridized carbons (Fsp3) is 0.211. The number of aryl methyl sites for hydroxylation is 2. The summed E-state index contributed by atoms with van der Waals surface area (Å²) in [4.78, 5) is 23.6. The summed E-state index contributed by atoms with van der Waals surface area (Å²) < 4.78 is 11.9. The van der Waals surface area contributed by atoms with Gasteiger partial charge < -0.3 is 14.8 Å². The molecule has 1 heterocycles. The maximum absolute atomic E-state index is 11.8. The van der Waals surface area contributed by atoms with Crippen LogP contribution in [0, 0.1) is 6.92 Å². The lowest BCUT2D eigenvalue weighted by atomic mass is 10.1. The molecule has 0 aliphatic rings. The van der Waals surface area contributed by atoms with E-state index in [2.05, 4.69) is 10.4 Å². The van der Waals surface area contributed by atoms with E-state index in [-0.39, 0.29) is 13.2 Å². The van der Waals surface area contributed by atoms with E-state index in [9.17, 15) is 9.59 Å². The molecule has 7 heteroatoms. The lowest BCUT2D eigenvalue weighted by Crippen LogP contribution is -2.24. The first-order chi connectivity index (χ1) is 12.5. The van der Waals surface area contributed by atoms with Crippen LogP contribution in [0.1, 0.15) is 5.69 Å². The molecule has 3 aromatic rings. The van der Waals surface area contributed by atoms with Crippen LogP contribution in [0.15, 0.2) is 48.5 Å². The number of nitrogens with zero attached hydrogens (tertiary/aromatic N) is 2. The summed E-state index contributed by atoms with van der Waals surface area (Å²) in [5.41, 5.74) is 0.781. The Labute approximate surface area is 150 Å². The predicted molar refractivity (Wildman–Crippen MR) is 97.0 cm³/mol. The van der Waals surface area contributed by atoms with Gasteiger partial charge in [-0.2, -0.15) is 5.10 Å². The first-order valence-electron chi connectivity index (χ1n) is 8.09. The molecule has 0 bridgehead atoms. The highest BCUT2D eigenvalue weighted by molar-refractivity contribution is 5.92. The SMILES string of the molecule is Cc1cc(NC(=O)COC(=O)COc2ccc3ccccc3c2)n(C)n1. The van der Waals surface area contributed by atoms with E-state index >= 15 is 0 Å². The van der Waals surface area contributed by atoms with Gasteiger partial charge in [-0.15, -0.1) is 0 Å². The Kier molecular flexibility index (Phi) is 5.17. The fourth-order valence-corrected chi connectivity index (χ4v) is 2.49. The van der Waals surface area contributed by atoms with Gasteiger partial charge in [-0.1, -0.05) is 30.3 Å². The van der Waals surface area contributed by atoms with Gasteiger partial charge in [-0.05, 0) is 29.8 Å². The molecule has 1 aromatic heterocycles. The summed E-state index contributed by atoms with van der Waals surface area (Å²) in [5, 5.41) is 8.85. The highest BCUT2D eigenvalue weighted by Gasteiger charge is 2.11. The molecule has 2 aromatic carbocycles. The van der Waals surface area contributed by atoms with Crippen molar-refractivity contribution in [2.24, 2.45) is 7.05 Å². The Bertz CT molecular complexity index is 949. The Morgan fingerprint density at radius 3 is 2.58 bits per heavy atom. The minimum absolute atomic E-state index is 0.267. The normalized spacial score (nSPS) is 10.5. The van der Waals surface area contributed by atoms with Gasteiger partial charge in [-0.25, -0.2) is 4.79 Å². The zero-order chi connectivity index (χ0) is 18.5. The summed E-state index contributed by atoms with van der Waals surface area (Å²) in [6.45, 7) is 1.17.